The highest BCUT2D eigenvalue weighted by Crippen LogP contribution is 2.17. The molecule has 0 aliphatic rings. The number of nitrogens with one attached hydrogen (secondary N) is 2. The monoisotopic (exact) mass is 357 g/mol. The van der Waals surface area contributed by atoms with Crippen LogP contribution in [0.3, 0.4) is 0 Å². The van der Waals surface area contributed by atoms with Crippen molar-refractivity contribution in [2.75, 3.05) is 33.9 Å². The molecular formula is C16H27N3O4S. The van der Waals surface area contributed by atoms with Gasteiger partial charge >= 0.3 is 0 Å². The fourth-order valence-electron chi connectivity index (χ4n) is 1.86. The average molecular weight is 357 g/mol. The van der Waals surface area contributed by atoms with Crippen LogP contribution >= 0.6 is 0 Å². The molecule has 1 rings (SSSR count). The Labute approximate surface area is 144 Å². The van der Waals surface area contributed by atoms with Crippen LogP contribution in [0.2, 0.25) is 0 Å². The van der Waals surface area contributed by atoms with Crippen molar-refractivity contribution in [3.05, 3.63) is 29.8 Å². The van der Waals surface area contributed by atoms with Crippen molar-refractivity contribution in [1.29, 1.82) is 0 Å². The van der Waals surface area contributed by atoms with Crippen molar-refractivity contribution in [3.8, 4) is 0 Å². The minimum absolute atomic E-state index is 0.112. The lowest BCUT2D eigenvalue weighted by Crippen LogP contribution is -2.35. The summed E-state index contributed by atoms with van der Waals surface area (Å²) in [4.78, 5) is 11.9. The van der Waals surface area contributed by atoms with E-state index in [9.17, 15) is 13.2 Å². The number of methoxy groups -OCH3 is 1. The van der Waals surface area contributed by atoms with Crippen LogP contribution in [0.4, 0.5) is 0 Å². The number of benzene rings is 1. The Morgan fingerprint density at radius 3 is 2.42 bits per heavy atom. The molecule has 0 atom stereocenters. The van der Waals surface area contributed by atoms with E-state index in [0.717, 1.165) is 5.56 Å². The van der Waals surface area contributed by atoms with Crippen LogP contribution in [0, 0.1) is 0 Å². The van der Waals surface area contributed by atoms with Crippen LogP contribution < -0.4 is 10.6 Å². The zero-order valence-electron chi connectivity index (χ0n) is 14.7. The standard InChI is InChI=1S/C16H27N3O4S/c1-13(2)19(3)24(21,22)15-7-5-14(6-8-15)11-18-16(20)12-17-9-10-23-4/h5-8,13,17H,9-12H2,1-4H3,(H,18,20). The van der Waals surface area contributed by atoms with Crippen molar-refractivity contribution >= 4 is 15.9 Å². The van der Waals surface area contributed by atoms with Gasteiger partial charge in [0.1, 0.15) is 0 Å². The number of hydrogen-bond donors (Lipinski definition) is 2. The van der Waals surface area contributed by atoms with Gasteiger partial charge in [0.15, 0.2) is 0 Å². The third-order valence-corrected chi connectivity index (χ3v) is 5.63. The molecule has 0 aliphatic carbocycles. The number of ether oxygens (including phenoxy) is 1. The minimum atomic E-state index is -3.48. The summed E-state index contributed by atoms with van der Waals surface area (Å²) in [5, 5.41) is 5.73. The molecule has 1 amide bonds. The number of carbonyl (C=O) groups excluding carboxylic acids is 1. The zero-order chi connectivity index (χ0) is 18.2. The second-order valence-corrected chi connectivity index (χ2v) is 7.70. The fraction of sp³-hybridized carbons (Fsp3) is 0.562. The van der Waals surface area contributed by atoms with Gasteiger partial charge in [0.25, 0.3) is 0 Å². The van der Waals surface area contributed by atoms with Crippen LogP contribution in [-0.2, 0) is 26.1 Å². The van der Waals surface area contributed by atoms with Gasteiger partial charge in [0.05, 0.1) is 18.0 Å². The highest BCUT2D eigenvalue weighted by atomic mass is 32.2. The summed E-state index contributed by atoms with van der Waals surface area (Å²) >= 11 is 0. The predicted molar refractivity (Wildman–Crippen MR) is 93.1 cm³/mol. The molecule has 136 valence electrons. The quantitative estimate of drug-likeness (QED) is 0.598. The van der Waals surface area contributed by atoms with Crippen molar-refractivity contribution in [3.63, 3.8) is 0 Å². The van der Waals surface area contributed by atoms with E-state index in [1.807, 2.05) is 13.8 Å². The molecule has 0 spiro atoms. The van der Waals surface area contributed by atoms with Gasteiger partial charge in [-0.1, -0.05) is 12.1 Å². The molecule has 0 aromatic heterocycles. The Hall–Kier alpha value is -1.48. The number of nitrogens with zero attached hydrogens (tertiary/aromatic N) is 1. The van der Waals surface area contributed by atoms with E-state index in [0.29, 0.717) is 19.7 Å². The first-order chi connectivity index (χ1) is 11.3. The van der Waals surface area contributed by atoms with Crippen molar-refractivity contribution in [2.45, 2.75) is 31.3 Å². The lowest BCUT2D eigenvalue weighted by atomic mass is 10.2. The molecule has 1 aromatic carbocycles. The molecule has 0 heterocycles. The van der Waals surface area contributed by atoms with E-state index >= 15 is 0 Å². The van der Waals surface area contributed by atoms with E-state index in [1.54, 1.807) is 38.4 Å². The maximum absolute atomic E-state index is 12.4. The highest BCUT2D eigenvalue weighted by molar-refractivity contribution is 7.89. The lowest BCUT2D eigenvalue weighted by Gasteiger charge is -2.21. The van der Waals surface area contributed by atoms with Crippen molar-refractivity contribution in [2.24, 2.45) is 0 Å². The molecule has 7 nitrogen and oxygen atoms in total. The van der Waals surface area contributed by atoms with E-state index in [-0.39, 0.29) is 23.4 Å². The fourth-order valence-corrected chi connectivity index (χ4v) is 3.23. The number of carbonyl (C=O) groups is 1. The second kappa shape index (κ2) is 9.73. The third kappa shape index (κ3) is 6.20. The lowest BCUT2D eigenvalue weighted by molar-refractivity contribution is -0.120. The topological polar surface area (TPSA) is 87.7 Å². The van der Waals surface area contributed by atoms with Crippen LogP contribution in [0.5, 0.6) is 0 Å². The molecule has 24 heavy (non-hydrogen) atoms. The SMILES string of the molecule is COCCNCC(=O)NCc1ccc(S(=O)(=O)N(C)C(C)C)cc1. The van der Waals surface area contributed by atoms with Gasteiger partial charge in [-0.2, -0.15) is 4.31 Å². The predicted octanol–water partition coefficient (Wildman–Crippen LogP) is 0.568. The number of hydrogen-bond acceptors (Lipinski definition) is 5. The maximum Gasteiger partial charge on any atom is 0.243 e. The van der Waals surface area contributed by atoms with Crippen LogP contribution in [0.15, 0.2) is 29.2 Å². The largest absolute Gasteiger partial charge is 0.383 e. The van der Waals surface area contributed by atoms with Crippen LogP contribution in [-0.4, -0.2) is 58.5 Å². The first-order valence-corrected chi connectivity index (χ1v) is 9.26. The second-order valence-electron chi connectivity index (χ2n) is 5.71. The maximum atomic E-state index is 12.4. The normalized spacial score (nSPS) is 11.9. The first-order valence-electron chi connectivity index (χ1n) is 7.82. The van der Waals surface area contributed by atoms with Gasteiger partial charge in [-0.05, 0) is 31.5 Å². The number of sulfonamides is 1. The Kier molecular flexibility index (Phi) is 8.34. The van der Waals surface area contributed by atoms with Gasteiger partial charge in [-0.15, -0.1) is 0 Å². The molecule has 0 saturated carbocycles. The number of rotatable bonds is 10. The van der Waals surface area contributed by atoms with Gasteiger partial charge in [0.2, 0.25) is 15.9 Å². The minimum Gasteiger partial charge on any atom is -0.383 e. The van der Waals surface area contributed by atoms with Crippen molar-refractivity contribution in [1.82, 2.24) is 14.9 Å². The first kappa shape index (κ1) is 20.6. The molecule has 0 bridgehead atoms. The van der Waals surface area contributed by atoms with E-state index in [1.165, 1.54) is 4.31 Å². The van der Waals surface area contributed by atoms with E-state index in [4.69, 9.17) is 4.74 Å². The molecule has 0 unspecified atom stereocenters. The van der Waals surface area contributed by atoms with E-state index < -0.39 is 10.0 Å². The van der Waals surface area contributed by atoms with Gasteiger partial charge in [-0.25, -0.2) is 8.42 Å². The van der Waals surface area contributed by atoms with Crippen LogP contribution in [0.25, 0.3) is 0 Å². The molecule has 8 heteroatoms. The summed E-state index contributed by atoms with van der Waals surface area (Å²) in [6.45, 7) is 5.37. The zero-order valence-corrected chi connectivity index (χ0v) is 15.5. The van der Waals surface area contributed by atoms with Crippen LogP contribution in [0.1, 0.15) is 19.4 Å². The Balaban J connectivity index is 2.55. The Bertz CT molecular complexity index is 615. The molecular weight excluding hydrogens is 330 g/mol. The van der Waals surface area contributed by atoms with Gasteiger partial charge in [-0.3, -0.25) is 4.79 Å². The molecule has 2 N–H and O–H groups in total. The number of amides is 1. The molecule has 1 aromatic rings. The Morgan fingerprint density at radius 1 is 1.25 bits per heavy atom. The van der Waals surface area contributed by atoms with Gasteiger partial charge < -0.3 is 15.4 Å². The Morgan fingerprint density at radius 2 is 1.88 bits per heavy atom. The average Bonchev–Trinajstić information content (AvgIpc) is 2.56. The molecule has 0 radical (unpaired) electrons. The highest BCUT2D eigenvalue weighted by Gasteiger charge is 2.22. The van der Waals surface area contributed by atoms with Gasteiger partial charge in [0, 0.05) is 33.3 Å². The smallest absolute Gasteiger partial charge is 0.243 e. The summed E-state index contributed by atoms with van der Waals surface area (Å²) in [7, 11) is -0.318. The summed E-state index contributed by atoms with van der Waals surface area (Å²) in [5.41, 5.74) is 0.839. The summed E-state index contributed by atoms with van der Waals surface area (Å²) in [6.07, 6.45) is 0. The molecule has 0 aliphatic heterocycles. The summed E-state index contributed by atoms with van der Waals surface area (Å²) in [6, 6.07) is 6.43. The summed E-state index contributed by atoms with van der Waals surface area (Å²) in [5.74, 6) is -0.123. The third-order valence-electron chi connectivity index (χ3n) is 3.59. The summed E-state index contributed by atoms with van der Waals surface area (Å²) < 4.78 is 30.9. The molecule has 0 fully saturated rings. The van der Waals surface area contributed by atoms with E-state index in [2.05, 4.69) is 10.6 Å². The van der Waals surface area contributed by atoms with Crippen molar-refractivity contribution < 1.29 is 17.9 Å². The molecule has 0 saturated heterocycles.